The molecule has 3 aromatic rings. The minimum atomic E-state index is -1.24. The average Bonchev–Trinajstić information content (AvgIpc) is 2.88. The van der Waals surface area contributed by atoms with Gasteiger partial charge < -0.3 is 9.47 Å². The van der Waals surface area contributed by atoms with Gasteiger partial charge in [-0.15, -0.1) is 0 Å². The summed E-state index contributed by atoms with van der Waals surface area (Å²) in [6, 6.07) is 8.14. The molecule has 0 saturated carbocycles. The number of hydrogen-bond donors (Lipinski definition) is 0. The van der Waals surface area contributed by atoms with Crippen molar-refractivity contribution in [3.63, 3.8) is 0 Å². The normalized spacial score (nSPS) is 15.6. The molecule has 1 aliphatic carbocycles. The molecule has 0 heterocycles. The lowest BCUT2D eigenvalue weighted by Crippen LogP contribution is -2.10. The summed E-state index contributed by atoms with van der Waals surface area (Å²) in [6.45, 7) is 2.75. The van der Waals surface area contributed by atoms with E-state index in [0.717, 1.165) is 0 Å². The Morgan fingerprint density at radius 2 is 1.44 bits per heavy atom. The first-order valence-electron chi connectivity index (χ1n) is 11.6. The number of rotatable bonds is 7. The zero-order valence-corrected chi connectivity index (χ0v) is 19.7. The van der Waals surface area contributed by atoms with Crippen LogP contribution in [0.2, 0.25) is 0 Å². The van der Waals surface area contributed by atoms with Gasteiger partial charge in [-0.1, -0.05) is 24.3 Å². The Bertz CT molecular complexity index is 1320. The minimum absolute atomic E-state index is 0.129. The third-order valence-electron chi connectivity index (χ3n) is 6.36. The molecule has 3 aromatic carbocycles. The van der Waals surface area contributed by atoms with Crippen molar-refractivity contribution < 1.29 is 35.8 Å². The highest BCUT2D eigenvalue weighted by atomic mass is 19.2. The van der Waals surface area contributed by atoms with Crippen LogP contribution in [0.25, 0.3) is 5.57 Å². The fourth-order valence-corrected chi connectivity index (χ4v) is 4.33. The number of benzene rings is 3. The Balaban J connectivity index is 1.48. The first kappa shape index (κ1) is 25.7. The molecule has 0 aliphatic heterocycles. The van der Waals surface area contributed by atoms with E-state index in [-0.39, 0.29) is 40.5 Å². The van der Waals surface area contributed by atoms with E-state index in [9.17, 15) is 26.3 Å². The Morgan fingerprint density at radius 1 is 0.750 bits per heavy atom. The molecule has 0 spiro atoms. The number of aryl methyl sites for hydroxylation is 1. The third kappa shape index (κ3) is 4.94. The molecule has 8 heteroatoms. The Kier molecular flexibility index (Phi) is 7.62. The highest BCUT2D eigenvalue weighted by Gasteiger charge is 2.25. The van der Waals surface area contributed by atoms with Gasteiger partial charge in [0.05, 0.1) is 6.61 Å². The monoisotopic (exact) mass is 506 g/mol. The van der Waals surface area contributed by atoms with Gasteiger partial charge in [0.15, 0.2) is 34.8 Å². The standard InChI is InChI=1S/C28H24F6O2/c1-3-35-21-12-9-18(24(30)27(21)33)14-36-22-13-11-20(26(32)28(22)34)17-7-5-16(6-8-17)19-10-4-15(2)23(29)25(19)31/h4-5,9-13,17H,3,6-8,14H2,1-2H3. The largest absolute Gasteiger partial charge is 0.491 e. The van der Waals surface area contributed by atoms with Gasteiger partial charge in [-0.3, -0.25) is 0 Å². The van der Waals surface area contributed by atoms with Gasteiger partial charge in [-0.25, -0.2) is 17.6 Å². The maximum Gasteiger partial charge on any atom is 0.201 e. The summed E-state index contributed by atoms with van der Waals surface area (Å²) in [5.74, 6) is -7.57. The predicted octanol–water partition coefficient (Wildman–Crippen LogP) is 8.16. The minimum Gasteiger partial charge on any atom is -0.491 e. The van der Waals surface area contributed by atoms with Gasteiger partial charge in [0, 0.05) is 11.1 Å². The van der Waals surface area contributed by atoms with Crippen LogP contribution in [0.1, 0.15) is 54.4 Å². The van der Waals surface area contributed by atoms with Crippen LogP contribution in [-0.2, 0) is 6.61 Å². The molecule has 4 rings (SSSR count). The summed E-state index contributed by atoms with van der Waals surface area (Å²) < 4.78 is 96.4. The fraction of sp³-hybridized carbons (Fsp3) is 0.286. The van der Waals surface area contributed by atoms with E-state index in [0.29, 0.717) is 24.8 Å². The second-order valence-electron chi connectivity index (χ2n) is 8.61. The van der Waals surface area contributed by atoms with Crippen molar-refractivity contribution in [3.05, 3.63) is 99.6 Å². The molecule has 0 bridgehead atoms. The predicted molar refractivity (Wildman–Crippen MR) is 124 cm³/mol. The van der Waals surface area contributed by atoms with E-state index in [1.807, 2.05) is 0 Å². The van der Waals surface area contributed by atoms with E-state index >= 15 is 0 Å². The molecule has 0 N–H and O–H groups in total. The molecular formula is C28H24F6O2. The Hall–Kier alpha value is -3.42. The van der Waals surface area contributed by atoms with Gasteiger partial charge in [0.1, 0.15) is 6.61 Å². The van der Waals surface area contributed by atoms with Crippen LogP contribution >= 0.6 is 0 Å². The number of halogens is 6. The van der Waals surface area contributed by atoms with Crippen molar-refractivity contribution in [3.8, 4) is 11.5 Å². The molecule has 0 radical (unpaired) electrons. The molecule has 1 unspecified atom stereocenters. The average molecular weight is 506 g/mol. The number of ether oxygens (including phenoxy) is 2. The maximum atomic E-state index is 14.9. The van der Waals surface area contributed by atoms with E-state index in [1.54, 1.807) is 13.0 Å². The molecule has 190 valence electrons. The second kappa shape index (κ2) is 10.7. The summed E-state index contributed by atoms with van der Waals surface area (Å²) >= 11 is 0. The van der Waals surface area contributed by atoms with Crippen molar-refractivity contribution in [1.29, 1.82) is 0 Å². The number of allylic oxidation sites excluding steroid dienone is 2. The van der Waals surface area contributed by atoms with Gasteiger partial charge in [0.2, 0.25) is 11.6 Å². The van der Waals surface area contributed by atoms with Crippen molar-refractivity contribution >= 4 is 5.57 Å². The summed E-state index contributed by atoms with van der Waals surface area (Å²) in [7, 11) is 0. The molecule has 0 amide bonds. The van der Waals surface area contributed by atoms with E-state index < -0.39 is 47.3 Å². The van der Waals surface area contributed by atoms with Crippen LogP contribution in [-0.4, -0.2) is 6.61 Å². The van der Waals surface area contributed by atoms with E-state index in [2.05, 4.69) is 0 Å². The molecule has 0 saturated heterocycles. The zero-order chi connectivity index (χ0) is 26.0. The van der Waals surface area contributed by atoms with E-state index in [1.165, 1.54) is 43.3 Å². The molecule has 2 nitrogen and oxygen atoms in total. The molecule has 36 heavy (non-hydrogen) atoms. The molecule has 0 fully saturated rings. The van der Waals surface area contributed by atoms with Crippen LogP contribution in [0, 0.1) is 41.8 Å². The van der Waals surface area contributed by atoms with Crippen molar-refractivity contribution in [2.45, 2.75) is 45.6 Å². The lowest BCUT2D eigenvalue weighted by molar-refractivity contribution is 0.273. The molecule has 1 aliphatic rings. The quantitative estimate of drug-likeness (QED) is 0.301. The van der Waals surface area contributed by atoms with Crippen LogP contribution in [0.3, 0.4) is 0 Å². The van der Waals surface area contributed by atoms with Crippen molar-refractivity contribution in [1.82, 2.24) is 0 Å². The van der Waals surface area contributed by atoms with Crippen LogP contribution in [0.4, 0.5) is 26.3 Å². The molecular weight excluding hydrogens is 482 g/mol. The van der Waals surface area contributed by atoms with Crippen LogP contribution in [0.15, 0.2) is 42.5 Å². The lowest BCUT2D eigenvalue weighted by Gasteiger charge is -2.24. The summed E-state index contributed by atoms with van der Waals surface area (Å²) in [4.78, 5) is 0. The van der Waals surface area contributed by atoms with Crippen LogP contribution < -0.4 is 9.47 Å². The summed E-state index contributed by atoms with van der Waals surface area (Å²) in [5, 5.41) is 0. The highest BCUT2D eigenvalue weighted by molar-refractivity contribution is 5.67. The van der Waals surface area contributed by atoms with Gasteiger partial charge in [-0.05, 0) is 73.9 Å². The summed E-state index contributed by atoms with van der Waals surface area (Å²) in [6.07, 6.45) is 2.81. The van der Waals surface area contributed by atoms with Crippen LogP contribution in [0.5, 0.6) is 11.5 Å². The molecule has 1 atom stereocenters. The number of hydrogen-bond acceptors (Lipinski definition) is 2. The first-order chi connectivity index (χ1) is 17.2. The topological polar surface area (TPSA) is 18.5 Å². The van der Waals surface area contributed by atoms with Crippen molar-refractivity contribution in [2.24, 2.45) is 0 Å². The fourth-order valence-electron chi connectivity index (χ4n) is 4.33. The smallest absolute Gasteiger partial charge is 0.201 e. The SMILES string of the molecule is CCOc1ccc(COc2ccc(C3CC=C(c4ccc(C)c(F)c4F)CC3)c(F)c2F)c(F)c1F. The third-order valence-corrected chi connectivity index (χ3v) is 6.36. The Morgan fingerprint density at radius 3 is 2.14 bits per heavy atom. The zero-order valence-electron chi connectivity index (χ0n) is 19.7. The molecule has 0 aromatic heterocycles. The first-order valence-corrected chi connectivity index (χ1v) is 11.6. The van der Waals surface area contributed by atoms with Gasteiger partial charge >= 0.3 is 0 Å². The van der Waals surface area contributed by atoms with Gasteiger partial charge in [-0.2, -0.15) is 8.78 Å². The summed E-state index contributed by atoms with van der Waals surface area (Å²) in [5.41, 5.74) is 0.951. The maximum absolute atomic E-state index is 14.9. The van der Waals surface area contributed by atoms with Crippen molar-refractivity contribution in [2.75, 3.05) is 6.61 Å². The Labute approximate surface area is 205 Å². The lowest BCUT2D eigenvalue weighted by atomic mass is 9.82. The second-order valence-corrected chi connectivity index (χ2v) is 8.61. The van der Waals surface area contributed by atoms with Gasteiger partial charge in [0.25, 0.3) is 0 Å². The highest BCUT2D eigenvalue weighted by Crippen LogP contribution is 2.39. The van der Waals surface area contributed by atoms with E-state index in [4.69, 9.17) is 9.47 Å².